The van der Waals surface area contributed by atoms with Gasteiger partial charge in [-0.3, -0.25) is 0 Å². The SMILES string of the molecule is CCc1cc(N2CCc3c(cccc3NC(=O)Nc3ccccc3)C2)nc(C)n1. The minimum absolute atomic E-state index is 0.231. The molecule has 1 aromatic heterocycles. The highest BCUT2D eigenvalue weighted by Gasteiger charge is 2.21. The maximum absolute atomic E-state index is 12.4. The number of nitrogens with one attached hydrogen (secondary N) is 2. The number of carbonyl (C=O) groups is 1. The fraction of sp³-hybridized carbons (Fsp3) is 0.261. The molecule has 0 fully saturated rings. The van der Waals surface area contributed by atoms with Gasteiger partial charge in [-0.15, -0.1) is 0 Å². The molecule has 0 bridgehead atoms. The number of aryl methyl sites for hydroxylation is 2. The Hall–Kier alpha value is -3.41. The number of benzene rings is 2. The van der Waals surface area contributed by atoms with Crippen molar-refractivity contribution < 1.29 is 4.79 Å². The first kappa shape index (κ1) is 18.9. The highest BCUT2D eigenvalue weighted by atomic mass is 16.2. The Labute approximate surface area is 171 Å². The molecule has 6 heteroatoms. The third-order valence-electron chi connectivity index (χ3n) is 5.11. The molecule has 0 saturated heterocycles. The molecule has 1 aliphatic heterocycles. The Bertz CT molecular complexity index is 1020. The number of nitrogens with zero attached hydrogens (tertiary/aromatic N) is 3. The number of hydrogen-bond acceptors (Lipinski definition) is 4. The molecule has 2 N–H and O–H groups in total. The number of amides is 2. The van der Waals surface area contributed by atoms with Crippen LogP contribution in [0.5, 0.6) is 0 Å². The van der Waals surface area contributed by atoms with Crippen LogP contribution in [0.25, 0.3) is 0 Å². The summed E-state index contributed by atoms with van der Waals surface area (Å²) in [5.74, 6) is 1.78. The van der Waals surface area contributed by atoms with E-state index in [1.165, 1.54) is 11.1 Å². The lowest BCUT2D eigenvalue weighted by molar-refractivity contribution is 0.262. The molecule has 6 nitrogen and oxygen atoms in total. The van der Waals surface area contributed by atoms with Crippen LogP contribution in [-0.4, -0.2) is 22.5 Å². The predicted molar refractivity (Wildman–Crippen MR) is 116 cm³/mol. The first-order valence-corrected chi connectivity index (χ1v) is 9.95. The summed E-state index contributed by atoms with van der Waals surface area (Å²) in [7, 11) is 0. The van der Waals surface area contributed by atoms with E-state index in [2.05, 4.69) is 44.6 Å². The van der Waals surface area contributed by atoms with Gasteiger partial charge in [0, 0.05) is 36.2 Å². The van der Waals surface area contributed by atoms with Crippen LogP contribution >= 0.6 is 0 Å². The monoisotopic (exact) mass is 387 g/mol. The molecule has 0 unspecified atom stereocenters. The van der Waals surface area contributed by atoms with Gasteiger partial charge in [-0.05, 0) is 49.1 Å². The Morgan fingerprint density at radius 3 is 2.69 bits per heavy atom. The van der Waals surface area contributed by atoms with Gasteiger partial charge in [-0.25, -0.2) is 14.8 Å². The number of carbonyl (C=O) groups excluding carboxylic acids is 1. The van der Waals surface area contributed by atoms with E-state index in [0.717, 1.165) is 54.6 Å². The summed E-state index contributed by atoms with van der Waals surface area (Å²) in [6, 6.07) is 17.4. The van der Waals surface area contributed by atoms with Gasteiger partial charge in [0.15, 0.2) is 0 Å². The molecule has 4 rings (SSSR count). The van der Waals surface area contributed by atoms with Crippen molar-refractivity contribution in [3.05, 3.63) is 77.2 Å². The van der Waals surface area contributed by atoms with E-state index < -0.39 is 0 Å². The molecular formula is C23H25N5O. The summed E-state index contributed by atoms with van der Waals surface area (Å²) >= 11 is 0. The molecule has 3 aromatic rings. The number of rotatable bonds is 4. The Kier molecular flexibility index (Phi) is 5.42. The maximum Gasteiger partial charge on any atom is 0.323 e. The fourth-order valence-electron chi connectivity index (χ4n) is 3.68. The van der Waals surface area contributed by atoms with Crippen molar-refractivity contribution in [1.29, 1.82) is 0 Å². The first-order valence-electron chi connectivity index (χ1n) is 9.95. The molecule has 1 aliphatic rings. The quantitative estimate of drug-likeness (QED) is 0.689. The minimum atomic E-state index is -0.231. The second-order valence-electron chi connectivity index (χ2n) is 7.18. The molecule has 0 saturated carbocycles. The van der Waals surface area contributed by atoms with Gasteiger partial charge < -0.3 is 15.5 Å². The van der Waals surface area contributed by atoms with Gasteiger partial charge >= 0.3 is 6.03 Å². The molecule has 0 atom stereocenters. The van der Waals surface area contributed by atoms with Crippen molar-refractivity contribution in [1.82, 2.24) is 9.97 Å². The van der Waals surface area contributed by atoms with Crippen LogP contribution in [-0.2, 0) is 19.4 Å². The van der Waals surface area contributed by atoms with Crippen LogP contribution in [0.3, 0.4) is 0 Å². The second-order valence-corrected chi connectivity index (χ2v) is 7.18. The first-order chi connectivity index (χ1) is 14.1. The smallest absolute Gasteiger partial charge is 0.323 e. The van der Waals surface area contributed by atoms with Crippen LogP contribution in [0.15, 0.2) is 54.6 Å². The molecule has 29 heavy (non-hydrogen) atoms. The van der Waals surface area contributed by atoms with Crippen molar-refractivity contribution in [2.24, 2.45) is 0 Å². The van der Waals surface area contributed by atoms with Crippen LogP contribution in [0.4, 0.5) is 22.0 Å². The Morgan fingerprint density at radius 2 is 1.90 bits per heavy atom. The van der Waals surface area contributed by atoms with Gasteiger partial charge in [-0.1, -0.05) is 37.3 Å². The number of anilines is 3. The molecule has 0 spiro atoms. The number of urea groups is 1. The zero-order valence-corrected chi connectivity index (χ0v) is 16.8. The fourth-order valence-corrected chi connectivity index (χ4v) is 3.68. The van der Waals surface area contributed by atoms with Gasteiger partial charge in [0.2, 0.25) is 0 Å². The van der Waals surface area contributed by atoms with Gasteiger partial charge in [-0.2, -0.15) is 0 Å². The number of para-hydroxylation sites is 1. The van der Waals surface area contributed by atoms with Crippen molar-refractivity contribution in [2.45, 2.75) is 33.2 Å². The van der Waals surface area contributed by atoms with Gasteiger partial charge in [0.1, 0.15) is 11.6 Å². The van der Waals surface area contributed by atoms with E-state index in [1.54, 1.807) is 0 Å². The van der Waals surface area contributed by atoms with Crippen LogP contribution < -0.4 is 15.5 Å². The van der Waals surface area contributed by atoms with Crippen LogP contribution in [0.2, 0.25) is 0 Å². The average molecular weight is 387 g/mol. The Morgan fingerprint density at radius 1 is 1.07 bits per heavy atom. The molecule has 148 valence electrons. The zero-order valence-electron chi connectivity index (χ0n) is 16.8. The molecular weight excluding hydrogens is 362 g/mol. The maximum atomic E-state index is 12.4. The zero-order chi connectivity index (χ0) is 20.2. The summed E-state index contributed by atoms with van der Waals surface area (Å²) in [6.45, 7) is 5.67. The van der Waals surface area contributed by atoms with Gasteiger partial charge in [0.05, 0.1) is 0 Å². The summed E-state index contributed by atoms with van der Waals surface area (Å²) in [5, 5.41) is 5.88. The van der Waals surface area contributed by atoms with E-state index in [1.807, 2.05) is 49.4 Å². The largest absolute Gasteiger partial charge is 0.352 e. The highest BCUT2D eigenvalue weighted by Crippen LogP contribution is 2.29. The normalized spacial score (nSPS) is 13.0. The van der Waals surface area contributed by atoms with E-state index in [9.17, 15) is 4.79 Å². The third kappa shape index (κ3) is 4.37. The van der Waals surface area contributed by atoms with Crippen molar-refractivity contribution >= 4 is 23.2 Å². The lowest BCUT2D eigenvalue weighted by Crippen LogP contribution is -2.32. The van der Waals surface area contributed by atoms with E-state index in [-0.39, 0.29) is 6.03 Å². The molecule has 0 aliphatic carbocycles. The minimum Gasteiger partial charge on any atom is -0.352 e. The number of hydrogen-bond donors (Lipinski definition) is 2. The second kappa shape index (κ2) is 8.31. The third-order valence-corrected chi connectivity index (χ3v) is 5.11. The van der Waals surface area contributed by atoms with Crippen LogP contribution in [0, 0.1) is 6.92 Å². The summed E-state index contributed by atoms with van der Waals surface area (Å²) in [4.78, 5) is 23.8. The number of fused-ring (bicyclic) bond motifs is 1. The van der Waals surface area contributed by atoms with E-state index >= 15 is 0 Å². The van der Waals surface area contributed by atoms with Crippen molar-refractivity contribution in [2.75, 3.05) is 22.1 Å². The van der Waals surface area contributed by atoms with Gasteiger partial charge in [0.25, 0.3) is 0 Å². The average Bonchev–Trinajstić information content (AvgIpc) is 2.73. The Balaban J connectivity index is 1.50. The topological polar surface area (TPSA) is 70.2 Å². The lowest BCUT2D eigenvalue weighted by Gasteiger charge is -2.31. The van der Waals surface area contributed by atoms with E-state index in [0.29, 0.717) is 0 Å². The molecule has 2 amide bonds. The standard InChI is InChI=1S/C23H25N5O/c1-3-18-14-22(25-16(2)24-18)28-13-12-20-17(15-28)8-7-11-21(20)27-23(29)26-19-9-5-4-6-10-19/h4-11,14H,3,12-13,15H2,1-2H3,(H2,26,27,29). The van der Waals surface area contributed by atoms with Crippen LogP contribution in [0.1, 0.15) is 29.6 Å². The van der Waals surface area contributed by atoms with E-state index in [4.69, 9.17) is 0 Å². The highest BCUT2D eigenvalue weighted by molar-refractivity contribution is 6.00. The van der Waals surface area contributed by atoms with Crippen molar-refractivity contribution in [3.63, 3.8) is 0 Å². The number of aromatic nitrogens is 2. The predicted octanol–water partition coefficient (Wildman–Crippen LogP) is 4.55. The summed E-state index contributed by atoms with van der Waals surface area (Å²) < 4.78 is 0. The molecule has 2 heterocycles. The molecule has 2 aromatic carbocycles. The lowest BCUT2D eigenvalue weighted by atomic mass is 9.97. The van der Waals surface area contributed by atoms with Crippen molar-refractivity contribution in [3.8, 4) is 0 Å². The molecule has 0 radical (unpaired) electrons. The summed E-state index contributed by atoms with van der Waals surface area (Å²) in [5.41, 5.74) is 5.10. The summed E-state index contributed by atoms with van der Waals surface area (Å²) in [6.07, 6.45) is 1.74.